The number of thioether (sulfide) groups is 1. The minimum atomic E-state index is 0.887. The molecule has 0 spiro atoms. The molecule has 0 fully saturated rings. The normalized spacial score (nSPS) is 20.2. The van der Waals surface area contributed by atoms with Gasteiger partial charge in [0.2, 0.25) is 0 Å². The molecule has 0 bridgehead atoms. The van der Waals surface area contributed by atoms with Crippen LogP contribution in [0.3, 0.4) is 0 Å². The van der Waals surface area contributed by atoms with Crippen LogP contribution in [0.2, 0.25) is 0 Å². The van der Waals surface area contributed by atoms with Crippen LogP contribution < -0.4 is 0 Å². The Morgan fingerprint density at radius 3 is 2.54 bits per heavy atom. The van der Waals surface area contributed by atoms with E-state index in [1.807, 2.05) is 29.9 Å². The van der Waals surface area contributed by atoms with Crippen LogP contribution in [0.15, 0.2) is 38.5 Å². The molecule has 2 nitrogen and oxygen atoms in total. The first-order valence-corrected chi connectivity index (χ1v) is 5.42. The summed E-state index contributed by atoms with van der Waals surface area (Å²) in [7, 11) is 1.67. The number of carbonyl (C=O) groups excluding carboxylic acids is 1. The highest BCUT2D eigenvalue weighted by Gasteiger charge is 2.12. The third-order valence-corrected chi connectivity index (χ3v) is 3.58. The molecule has 1 aliphatic carbocycles. The Bertz CT molecular complexity index is 336. The van der Waals surface area contributed by atoms with E-state index in [4.69, 9.17) is 4.42 Å². The van der Waals surface area contributed by atoms with Crippen LogP contribution in [0.4, 0.5) is 0 Å². The molecule has 0 aromatic rings. The van der Waals surface area contributed by atoms with Crippen LogP contribution in [0.5, 0.6) is 0 Å². The van der Waals surface area contributed by atoms with Crippen LogP contribution in [0.1, 0.15) is 0 Å². The summed E-state index contributed by atoms with van der Waals surface area (Å²) in [6.07, 6.45) is 8.01. The summed E-state index contributed by atoms with van der Waals surface area (Å²) in [6.45, 7) is 0. The van der Waals surface area contributed by atoms with E-state index in [1.54, 1.807) is 18.9 Å². The van der Waals surface area contributed by atoms with Crippen molar-refractivity contribution in [1.29, 1.82) is 0 Å². The van der Waals surface area contributed by atoms with E-state index in [0.717, 1.165) is 5.78 Å². The van der Waals surface area contributed by atoms with Gasteiger partial charge in [-0.15, -0.1) is 0 Å². The fourth-order valence-electron chi connectivity index (χ4n) is 1.01. The SMILES string of the molecule is C[O+]=C1C=CC(=C2SC=NS2)C=C1. The van der Waals surface area contributed by atoms with Gasteiger partial charge in [-0.25, -0.2) is 4.40 Å². The molecule has 0 N–H and O–H groups in total. The van der Waals surface area contributed by atoms with Crippen molar-refractivity contribution in [1.82, 2.24) is 0 Å². The van der Waals surface area contributed by atoms with Gasteiger partial charge in [0.25, 0.3) is 7.11 Å². The van der Waals surface area contributed by atoms with E-state index < -0.39 is 0 Å². The van der Waals surface area contributed by atoms with E-state index in [1.165, 1.54) is 21.8 Å². The molecule has 0 unspecified atom stereocenters. The highest BCUT2D eigenvalue weighted by Crippen LogP contribution is 2.37. The number of nitrogens with zero attached hydrogens (tertiary/aromatic N) is 1. The largest absolute Gasteiger partial charge is 0.343 e. The lowest BCUT2D eigenvalue weighted by Gasteiger charge is -1.99. The van der Waals surface area contributed by atoms with Crippen LogP contribution in [-0.2, 0) is 4.42 Å². The first-order chi connectivity index (χ1) is 6.40. The van der Waals surface area contributed by atoms with Crippen LogP contribution in [0.25, 0.3) is 0 Å². The summed E-state index contributed by atoms with van der Waals surface area (Å²) in [5.41, 5.74) is 3.05. The molecular formula is C9H8NOS2+. The standard InChI is InChI=1S/C9H8NOS2/c1-11-8-4-2-7(3-5-8)9-12-6-10-13-9/h2-6H,1H3/q+1. The van der Waals surface area contributed by atoms with Gasteiger partial charge >= 0.3 is 5.78 Å². The highest BCUT2D eigenvalue weighted by molar-refractivity contribution is 8.31. The molecule has 0 aromatic carbocycles. The molecule has 2 aliphatic rings. The Labute approximate surface area is 85.3 Å². The van der Waals surface area contributed by atoms with Gasteiger partial charge in [-0.1, -0.05) is 11.8 Å². The summed E-state index contributed by atoms with van der Waals surface area (Å²) in [5.74, 6) is 0.887. The van der Waals surface area contributed by atoms with Crippen molar-refractivity contribution < 1.29 is 4.42 Å². The number of ketones is 1. The maximum atomic E-state index is 5.08. The van der Waals surface area contributed by atoms with Gasteiger partial charge in [-0.2, -0.15) is 0 Å². The molecule has 13 heavy (non-hydrogen) atoms. The van der Waals surface area contributed by atoms with E-state index in [0.29, 0.717) is 0 Å². The number of rotatable bonds is 0. The highest BCUT2D eigenvalue weighted by atomic mass is 32.2. The second-order valence-electron chi connectivity index (χ2n) is 2.44. The summed E-state index contributed by atoms with van der Waals surface area (Å²) in [6, 6.07) is 0. The molecule has 1 heterocycles. The molecule has 0 amide bonds. The third-order valence-electron chi connectivity index (χ3n) is 1.66. The molecule has 0 radical (unpaired) electrons. The van der Waals surface area contributed by atoms with Crippen molar-refractivity contribution in [3.63, 3.8) is 0 Å². The molecular weight excluding hydrogens is 202 g/mol. The summed E-state index contributed by atoms with van der Waals surface area (Å²) in [4.78, 5) is 0. The van der Waals surface area contributed by atoms with Crippen molar-refractivity contribution in [2.24, 2.45) is 4.40 Å². The Balaban J connectivity index is 2.22. The summed E-state index contributed by atoms with van der Waals surface area (Å²) >= 11 is 3.17. The molecule has 0 aromatic heterocycles. The maximum absolute atomic E-state index is 5.08. The van der Waals surface area contributed by atoms with Crippen LogP contribution in [-0.4, -0.2) is 18.4 Å². The second-order valence-corrected chi connectivity index (χ2v) is 4.35. The average Bonchev–Trinajstić information content (AvgIpc) is 2.71. The van der Waals surface area contributed by atoms with Gasteiger partial charge in [0.05, 0.1) is 9.78 Å². The lowest BCUT2D eigenvalue weighted by atomic mass is 10.1. The molecule has 4 heteroatoms. The van der Waals surface area contributed by atoms with E-state index in [2.05, 4.69) is 4.40 Å². The zero-order valence-corrected chi connectivity index (χ0v) is 8.69. The third kappa shape index (κ3) is 1.95. The van der Waals surface area contributed by atoms with Gasteiger partial charge in [0.15, 0.2) is 0 Å². The molecule has 0 saturated carbocycles. The number of hydrogen-bond acceptors (Lipinski definition) is 3. The first kappa shape index (κ1) is 8.84. The quantitative estimate of drug-likeness (QED) is 0.453. The predicted molar refractivity (Wildman–Crippen MR) is 59.9 cm³/mol. The van der Waals surface area contributed by atoms with Crippen molar-refractivity contribution in [2.45, 2.75) is 0 Å². The van der Waals surface area contributed by atoms with E-state index in [9.17, 15) is 0 Å². The van der Waals surface area contributed by atoms with Gasteiger partial charge in [0.1, 0.15) is 0 Å². The average molecular weight is 210 g/mol. The summed E-state index contributed by atoms with van der Waals surface area (Å²) < 4.78 is 10.4. The molecule has 0 atom stereocenters. The second kappa shape index (κ2) is 3.98. The monoisotopic (exact) mass is 210 g/mol. The number of allylic oxidation sites excluding steroid dienone is 5. The predicted octanol–water partition coefficient (Wildman–Crippen LogP) is 2.48. The smallest absolute Gasteiger partial charge is 0.258 e. The van der Waals surface area contributed by atoms with Gasteiger partial charge in [0, 0.05) is 24.1 Å². The minimum absolute atomic E-state index is 0.887. The zero-order valence-electron chi connectivity index (χ0n) is 7.06. The molecule has 0 saturated heterocycles. The topological polar surface area (TPSA) is 23.7 Å². The van der Waals surface area contributed by atoms with Crippen LogP contribution in [0, 0.1) is 0 Å². The molecule has 66 valence electrons. The minimum Gasteiger partial charge on any atom is -0.258 e. The fraction of sp³-hybridized carbons (Fsp3) is 0.111. The van der Waals surface area contributed by atoms with Crippen molar-refractivity contribution in [3.05, 3.63) is 34.1 Å². The first-order valence-electron chi connectivity index (χ1n) is 3.77. The molecule has 1 aliphatic heterocycles. The van der Waals surface area contributed by atoms with Crippen molar-refractivity contribution in [2.75, 3.05) is 7.11 Å². The maximum Gasteiger partial charge on any atom is 0.343 e. The summed E-state index contributed by atoms with van der Waals surface area (Å²) in [5, 5.41) is 0. The van der Waals surface area contributed by atoms with E-state index >= 15 is 0 Å². The Morgan fingerprint density at radius 1 is 1.23 bits per heavy atom. The van der Waals surface area contributed by atoms with Gasteiger partial charge < -0.3 is 0 Å². The van der Waals surface area contributed by atoms with Crippen LogP contribution >= 0.6 is 23.7 Å². The Morgan fingerprint density at radius 2 is 2.00 bits per heavy atom. The lowest BCUT2D eigenvalue weighted by Crippen LogP contribution is -1.95. The van der Waals surface area contributed by atoms with E-state index in [-0.39, 0.29) is 0 Å². The number of hydrogen-bond donors (Lipinski definition) is 0. The molecule has 2 rings (SSSR count). The van der Waals surface area contributed by atoms with Gasteiger partial charge in [-0.05, 0) is 17.7 Å². The zero-order chi connectivity index (χ0) is 9.10. The van der Waals surface area contributed by atoms with Gasteiger partial charge in [-0.3, -0.25) is 4.42 Å². The van der Waals surface area contributed by atoms with Crippen molar-refractivity contribution >= 4 is 35.0 Å². The Hall–Kier alpha value is -0.740. The lowest BCUT2D eigenvalue weighted by molar-refractivity contribution is -0.417. The fourth-order valence-corrected chi connectivity index (χ4v) is 2.49. The van der Waals surface area contributed by atoms with Crippen molar-refractivity contribution in [3.8, 4) is 0 Å². The Kier molecular flexibility index (Phi) is 2.71.